The summed E-state index contributed by atoms with van der Waals surface area (Å²) < 4.78 is 15.1. The molecule has 0 aliphatic heterocycles. The van der Waals surface area contributed by atoms with Gasteiger partial charge in [-0.15, -0.1) is 0 Å². The molecule has 1 unspecified atom stereocenters. The van der Waals surface area contributed by atoms with Crippen LogP contribution in [0.3, 0.4) is 0 Å². The molecule has 4 aromatic rings. The van der Waals surface area contributed by atoms with Gasteiger partial charge < -0.3 is 4.57 Å². The molecular formula is C29H27OP. The minimum atomic E-state index is -3.02. The van der Waals surface area contributed by atoms with Crippen LogP contribution >= 0.6 is 7.14 Å². The van der Waals surface area contributed by atoms with Crippen molar-refractivity contribution in [3.05, 3.63) is 138 Å². The first-order chi connectivity index (χ1) is 15.1. The molecule has 0 saturated heterocycles. The predicted molar refractivity (Wildman–Crippen MR) is 134 cm³/mol. The predicted octanol–water partition coefficient (Wildman–Crippen LogP) is 7.07. The molecule has 1 nitrogen and oxygen atoms in total. The lowest BCUT2D eigenvalue weighted by Crippen LogP contribution is -2.21. The van der Waals surface area contributed by atoms with E-state index >= 15 is 4.57 Å². The minimum Gasteiger partial charge on any atom is -0.313 e. The van der Waals surface area contributed by atoms with Gasteiger partial charge in [-0.2, -0.15) is 0 Å². The van der Waals surface area contributed by atoms with Crippen LogP contribution in [0.4, 0.5) is 0 Å². The molecule has 0 aliphatic rings. The second kappa shape index (κ2) is 9.33. The van der Waals surface area contributed by atoms with Crippen molar-refractivity contribution in [2.45, 2.75) is 19.5 Å². The van der Waals surface area contributed by atoms with Crippen LogP contribution in [0.2, 0.25) is 0 Å². The molecule has 2 heteroatoms. The normalized spacial score (nSPS) is 12.7. The fraction of sp³-hybridized carbons (Fsp3) is 0.103. The van der Waals surface area contributed by atoms with E-state index in [9.17, 15) is 0 Å². The summed E-state index contributed by atoms with van der Waals surface area (Å²) in [6.07, 6.45) is 4.21. The molecule has 0 fully saturated rings. The van der Waals surface area contributed by atoms with Crippen LogP contribution in [0.15, 0.2) is 115 Å². The van der Waals surface area contributed by atoms with Crippen LogP contribution in [-0.4, -0.2) is 0 Å². The SMILES string of the molecule is Cc1ccc(P(=O)(c2ccc(C)cc2)C(C=Cc2ccccc2)c2ccccc2)cc1. The Morgan fingerprint density at radius 2 is 1.06 bits per heavy atom. The van der Waals surface area contributed by atoms with Crippen LogP contribution in [0.5, 0.6) is 0 Å². The largest absolute Gasteiger partial charge is 0.313 e. The van der Waals surface area contributed by atoms with E-state index in [1.165, 1.54) is 0 Å². The molecule has 4 rings (SSSR count). The molecule has 0 spiro atoms. The lowest BCUT2D eigenvalue weighted by Gasteiger charge is -2.27. The lowest BCUT2D eigenvalue weighted by molar-refractivity contribution is 0.583. The van der Waals surface area contributed by atoms with Gasteiger partial charge in [-0.1, -0.05) is 132 Å². The molecule has 154 valence electrons. The number of hydrogen-bond donors (Lipinski definition) is 0. The van der Waals surface area contributed by atoms with Gasteiger partial charge in [0, 0.05) is 10.6 Å². The maximum Gasteiger partial charge on any atom is 0.153 e. The maximum atomic E-state index is 15.1. The van der Waals surface area contributed by atoms with Gasteiger partial charge in [0.25, 0.3) is 0 Å². The van der Waals surface area contributed by atoms with Crippen molar-refractivity contribution in [1.29, 1.82) is 0 Å². The van der Waals surface area contributed by atoms with Gasteiger partial charge in [-0.3, -0.25) is 0 Å². The second-order valence-corrected chi connectivity index (χ2v) is 10.9. The van der Waals surface area contributed by atoms with Crippen molar-refractivity contribution in [3.63, 3.8) is 0 Å². The highest BCUT2D eigenvalue weighted by atomic mass is 31.2. The van der Waals surface area contributed by atoms with Crippen molar-refractivity contribution in [2.75, 3.05) is 0 Å². The summed E-state index contributed by atoms with van der Waals surface area (Å²) in [6, 6.07) is 36.7. The number of allylic oxidation sites excluding steroid dienone is 1. The Kier molecular flexibility index (Phi) is 6.35. The molecule has 0 aromatic heterocycles. The number of benzene rings is 4. The fourth-order valence-electron chi connectivity index (χ4n) is 3.86. The van der Waals surface area contributed by atoms with Gasteiger partial charge in [-0.25, -0.2) is 0 Å². The molecular weight excluding hydrogens is 395 g/mol. The Bertz CT molecular complexity index is 1140. The summed E-state index contributed by atoms with van der Waals surface area (Å²) in [7, 11) is -3.02. The zero-order chi connectivity index (χ0) is 21.7. The first kappa shape index (κ1) is 21.1. The lowest BCUT2D eigenvalue weighted by atomic mass is 10.1. The maximum absolute atomic E-state index is 15.1. The molecule has 0 bridgehead atoms. The Morgan fingerprint density at radius 1 is 0.613 bits per heavy atom. The average molecular weight is 423 g/mol. The zero-order valence-electron chi connectivity index (χ0n) is 18.0. The number of rotatable bonds is 6. The highest BCUT2D eigenvalue weighted by Gasteiger charge is 2.36. The zero-order valence-corrected chi connectivity index (χ0v) is 18.9. The highest BCUT2D eigenvalue weighted by Crippen LogP contribution is 2.58. The average Bonchev–Trinajstić information content (AvgIpc) is 2.81. The first-order valence-corrected chi connectivity index (χ1v) is 12.4. The smallest absolute Gasteiger partial charge is 0.153 e. The summed E-state index contributed by atoms with van der Waals surface area (Å²) in [5.74, 6) is 0. The van der Waals surface area contributed by atoms with Crippen molar-refractivity contribution in [1.82, 2.24) is 0 Å². The van der Waals surface area contributed by atoms with Crippen LogP contribution in [0.1, 0.15) is 27.9 Å². The third-order valence-electron chi connectivity index (χ3n) is 5.64. The van der Waals surface area contributed by atoms with Crippen molar-refractivity contribution in [2.24, 2.45) is 0 Å². The quantitative estimate of drug-likeness (QED) is 0.304. The van der Waals surface area contributed by atoms with E-state index in [1.807, 2.05) is 60.7 Å². The van der Waals surface area contributed by atoms with Gasteiger partial charge >= 0.3 is 0 Å². The second-order valence-electron chi connectivity index (χ2n) is 7.95. The molecule has 31 heavy (non-hydrogen) atoms. The number of aryl methyl sites for hydroxylation is 2. The van der Waals surface area contributed by atoms with Crippen molar-refractivity contribution in [3.8, 4) is 0 Å². The Balaban J connectivity index is 1.93. The van der Waals surface area contributed by atoms with Gasteiger partial charge in [-0.05, 0) is 25.0 Å². The van der Waals surface area contributed by atoms with E-state index in [0.29, 0.717) is 0 Å². The highest BCUT2D eigenvalue weighted by molar-refractivity contribution is 7.79. The molecule has 0 saturated carbocycles. The fourth-order valence-corrected chi connectivity index (χ4v) is 6.91. The standard InChI is InChI=1S/C29H27OP/c1-23-13-18-27(19-14-23)31(30,28-20-15-24(2)16-21-28)29(26-11-7-4-8-12-26)22-17-25-9-5-3-6-10-25/h3-22,29H,1-2H3. The molecule has 0 aliphatic carbocycles. The molecule has 0 N–H and O–H groups in total. The minimum absolute atomic E-state index is 0.265. The van der Waals surface area contributed by atoms with Gasteiger partial charge in [0.2, 0.25) is 0 Å². The van der Waals surface area contributed by atoms with E-state index in [0.717, 1.165) is 32.9 Å². The van der Waals surface area contributed by atoms with E-state index in [4.69, 9.17) is 0 Å². The van der Waals surface area contributed by atoms with Crippen LogP contribution in [-0.2, 0) is 4.57 Å². The summed E-state index contributed by atoms with van der Waals surface area (Å²) in [5, 5.41) is 1.77. The third kappa shape index (κ3) is 4.63. The van der Waals surface area contributed by atoms with E-state index < -0.39 is 7.14 Å². The van der Waals surface area contributed by atoms with Crippen molar-refractivity contribution < 1.29 is 4.57 Å². The van der Waals surface area contributed by atoms with Crippen LogP contribution in [0.25, 0.3) is 6.08 Å². The van der Waals surface area contributed by atoms with E-state index in [-0.39, 0.29) is 5.66 Å². The molecule has 0 heterocycles. The summed E-state index contributed by atoms with van der Waals surface area (Å²) in [5.41, 5.74) is 4.21. The molecule has 0 amide bonds. The van der Waals surface area contributed by atoms with Gasteiger partial charge in [0.05, 0.1) is 5.66 Å². The summed E-state index contributed by atoms with van der Waals surface area (Å²) in [6.45, 7) is 4.12. The Hall–Kier alpha value is -3.15. The van der Waals surface area contributed by atoms with Crippen LogP contribution < -0.4 is 10.6 Å². The number of hydrogen-bond acceptors (Lipinski definition) is 1. The van der Waals surface area contributed by atoms with Crippen molar-refractivity contribution >= 4 is 23.8 Å². The summed E-state index contributed by atoms with van der Waals surface area (Å²) in [4.78, 5) is 0. The Labute approximate surface area is 185 Å². The Morgan fingerprint density at radius 3 is 1.55 bits per heavy atom. The topological polar surface area (TPSA) is 17.1 Å². The third-order valence-corrected chi connectivity index (χ3v) is 9.02. The van der Waals surface area contributed by atoms with Crippen LogP contribution in [0, 0.1) is 13.8 Å². The molecule has 1 atom stereocenters. The summed E-state index contributed by atoms with van der Waals surface area (Å²) >= 11 is 0. The molecule has 4 aromatic carbocycles. The van der Waals surface area contributed by atoms with E-state index in [1.54, 1.807) is 0 Å². The molecule has 0 radical (unpaired) electrons. The van der Waals surface area contributed by atoms with Gasteiger partial charge in [0.1, 0.15) is 0 Å². The van der Waals surface area contributed by atoms with Gasteiger partial charge in [0.15, 0.2) is 7.14 Å². The monoisotopic (exact) mass is 422 g/mol. The first-order valence-electron chi connectivity index (χ1n) is 10.6. The van der Waals surface area contributed by atoms with E-state index in [2.05, 4.69) is 74.5 Å².